The largest absolute Gasteiger partial charge is 0.550 e. The van der Waals surface area contributed by atoms with Gasteiger partial charge in [0.1, 0.15) is 0 Å². The number of aliphatic carboxylic acids is 1. The van der Waals surface area contributed by atoms with E-state index in [1.54, 1.807) is 13.8 Å². The smallest absolute Gasteiger partial charge is 0.243 e. The van der Waals surface area contributed by atoms with Crippen LogP contribution in [0.2, 0.25) is 0 Å². The van der Waals surface area contributed by atoms with Crippen molar-refractivity contribution in [3.63, 3.8) is 0 Å². The minimum Gasteiger partial charge on any atom is -0.550 e. The van der Waals surface area contributed by atoms with E-state index >= 15 is 0 Å². The average Bonchev–Trinajstić information content (AvgIpc) is 2.90. The van der Waals surface area contributed by atoms with Crippen molar-refractivity contribution in [3.05, 3.63) is 24.3 Å². The fraction of sp³-hybridized carbons (Fsp3) is 0.467. The summed E-state index contributed by atoms with van der Waals surface area (Å²) in [4.78, 5) is 24.2. The molecule has 0 radical (unpaired) electrons. The summed E-state index contributed by atoms with van der Waals surface area (Å²) in [5.74, 6) is -2.39. The number of carboxylic acid groups (broad SMARTS) is 1. The van der Waals surface area contributed by atoms with Gasteiger partial charge in [-0.05, 0) is 24.3 Å². The fourth-order valence-electron chi connectivity index (χ4n) is 2.63. The number of benzene rings is 1. The third kappa shape index (κ3) is 3.37. The SMILES string of the molecule is CCN(CC)S(=O)(=O)c1ccc(N2C[C@@H](C(=O)[O-])CC2=O)cc1. The van der Waals surface area contributed by atoms with E-state index in [2.05, 4.69) is 0 Å². The molecule has 1 heterocycles. The lowest BCUT2D eigenvalue weighted by molar-refractivity contribution is -0.310. The maximum Gasteiger partial charge on any atom is 0.243 e. The number of rotatable bonds is 6. The summed E-state index contributed by atoms with van der Waals surface area (Å²) in [5.41, 5.74) is 0.484. The summed E-state index contributed by atoms with van der Waals surface area (Å²) in [7, 11) is -3.55. The Morgan fingerprint density at radius 3 is 2.26 bits per heavy atom. The molecule has 1 amide bonds. The first-order valence-electron chi connectivity index (χ1n) is 7.42. The van der Waals surface area contributed by atoms with E-state index < -0.39 is 21.9 Å². The molecule has 0 saturated carbocycles. The summed E-state index contributed by atoms with van der Waals surface area (Å²) in [5, 5.41) is 10.9. The van der Waals surface area contributed by atoms with Crippen LogP contribution in [0.4, 0.5) is 5.69 Å². The zero-order chi connectivity index (χ0) is 17.2. The van der Waals surface area contributed by atoms with Crippen LogP contribution in [0, 0.1) is 5.92 Å². The van der Waals surface area contributed by atoms with Crippen LogP contribution < -0.4 is 10.0 Å². The van der Waals surface area contributed by atoms with Gasteiger partial charge in [-0.15, -0.1) is 0 Å². The van der Waals surface area contributed by atoms with Crippen molar-refractivity contribution in [2.45, 2.75) is 25.2 Å². The lowest BCUT2D eigenvalue weighted by Gasteiger charge is -2.20. The predicted molar refractivity (Wildman–Crippen MR) is 82.0 cm³/mol. The number of hydrogen-bond donors (Lipinski definition) is 0. The van der Waals surface area contributed by atoms with Crippen LogP contribution in [0.15, 0.2) is 29.2 Å². The van der Waals surface area contributed by atoms with Gasteiger partial charge in [-0.2, -0.15) is 4.31 Å². The van der Waals surface area contributed by atoms with Crippen molar-refractivity contribution < 1.29 is 23.1 Å². The predicted octanol–water partition coefficient (Wildman–Crippen LogP) is -0.180. The Morgan fingerprint density at radius 2 is 1.83 bits per heavy atom. The Labute approximate surface area is 135 Å². The van der Waals surface area contributed by atoms with Crippen LogP contribution in [0.3, 0.4) is 0 Å². The zero-order valence-corrected chi connectivity index (χ0v) is 13.9. The Balaban J connectivity index is 2.24. The molecule has 0 N–H and O–H groups in total. The van der Waals surface area contributed by atoms with Crippen LogP contribution >= 0.6 is 0 Å². The van der Waals surface area contributed by atoms with Gasteiger partial charge in [0.15, 0.2) is 0 Å². The summed E-state index contributed by atoms with van der Waals surface area (Å²) in [6.45, 7) is 4.32. The molecule has 1 aliphatic heterocycles. The van der Waals surface area contributed by atoms with Gasteiger partial charge in [0.2, 0.25) is 15.9 Å². The van der Waals surface area contributed by atoms with Crippen LogP contribution in [-0.4, -0.2) is 44.2 Å². The van der Waals surface area contributed by atoms with E-state index in [9.17, 15) is 23.1 Å². The van der Waals surface area contributed by atoms with E-state index in [0.717, 1.165) is 0 Å². The van der Waals surface area contributed by atoms with Crippen molar-refractivity contribution in [1.29, 1.82) is 0 Å². The van der Waals surface area contributed by atoms with Crippen molar-refractivity contribution in [3.8, 4) is 0 Å². The quantitative estimate of drug-likeness (QED) is 0.716. The van der Waals surface area contributed by atoms with Crippen LogP contribution in [-0.2, 0) is 19.6 Å². The zero-order valence-electron chi connectivity index (χ0n) is 13.1. The molecule has 0 bridgehead atoms. The highest BCUT2D eigenvalue weighted by molar-refractivity contribution is 7.89. The van der Waals surface area contributed by atoms with E-state index in [-0.39, 0.29) is 23.8 Å². The molecular weight excluding hydrogens is 320 g/mol. The Morgan fingerprint density at radius 1 is 1.26 bits per heavy atom. The van der Waals surface area contributed by atoms with Crippen molar-refractivity contribution in [2.75, 3.05) is 24.5 Å². The molecule has 1 aliphatic rings. The standard InChI is InChI=1S/C15H20N2O5S/c1-3-16(4-2)23(21,22)13-7-5-12(6-8-13)17-10-11(15(19)20)9-14(17)18/h5-8,11H,3-4,9-10H2,1-2H3,(H,19,20)/p-1/t11-/m0/s1. The summed E-state index contributed by atoms with van der Waals surface area (Å²) < 4.78 is 26.1. The highest BCUT2D eigenvalue weighted by Crippen LogP contribution is 2.26. The van der Waals surface area contributed by atoms with Crippen molar-refractivity contribution in [1.82, 2.24) is 4.31 Å². The number of amides is 1. The number of carboxylic acids is 1. The van der Waals surface area contributed by atoms with Gasteiger partial charge in [0.25, 0.3) is 0 Å². The molecule has 126 valence electrons. The van der Waals surface area contributed by atoms with E-state index in [1.165, 1.54) is 33.5 Å². The minimum absolute atomic E-state index is 0.0449. The third-order valence-electron chi connectivity index (χ3n) is 3.95. The molecule has 0 unspecified atom stereocenters. The molecule has 23 heavy (non-hydrogen) atoms. The van der Waals surface area contributed by atoms with E-state index in [1.807, 2.05) is 0 Å². The van der Waals surface area contributed by atoms with Gasteiger partial charge >= 0.3 is 0 Å². The summed E-state index contributed by atoms with van der Waals surface area (Å²) >= 11 is 0. The Bertz CT molecular complexity index is 695. The number of anilines is 1. The molecule has 0 aliphatic carbocycles. The topological polar surface area (TPSA) is 97.8 Å². The summed E-state index contributed by atoms with van der Waals surface area (Å²) in [6.07, 6.45) is -0.0954. The minimum atomic E-state index is -3.55. The third-order valence-corrected chi connectivity index (χ3v) is 6.01. The second kappa shape index (κ2) is 6.67. The van der Waals surface area contributed by atoms with Gasteiger partial charge in [0, 0.05) is 43.6 Å². The number of hydrogen-bond acceptors (Lipinski definition) is 5. The van der Waals surface area contributed by atoms with Gasteiger partial charge in [-0.1, -0.05) is 13.8 Å². The average molecular weight is 339 g/mol. The first kappa shape index (κ1) is 17.4. The highest BCUT2D eigenvalue weighted by atomic mass is 32.2. The van der Waals surface area contributed by atoms with Crippen molar-refractivity contribution >= 4 is 27.6 Å². The summed E-state index contributed by atoms with van der Waals surface area (Å²) in [6, 6.07) is 5.91. The second-order valence-corrected chi connectivity index (χ2v) is 7.25. The number of nitrogens with zero attached hydrogens (tertiary/aromatic N) is 2. The Hall–Kier alpha value is -1.93. The lowest BCUT2D eigenvalue weighted by Crippen LogP contribution is -2.33. The molecule has 7 nitrogen and oxygen atoms in total. The Kier molecular flexibility index (Phi) is 5.06. The number of carbonyl (C=O) groups is 2. The molecule has 1 atom stereocenters. The first-order valence-corrected chi connectivity index (χ1v) is 8.86. The van der Waals surface area contributed by atoms with Crippen molar-refractivity contribution in [2.24, 2.45) is 5.92 Å². The highest BCUT2D eigenvalue weighted by Gasteiger charge is 2.31. The molecule has 0 spiro atoms. The van der Waals surface area contributed by atoms with Crippen LogP contribution in [0.1, 0.15) is 20.3 Å². The maximum absolute atomic E-state index is 12.4. The molecule has 2 rings (SSSR count). The molecule has 0 aromatic heterocycles. The molecule has 8 heteroatoms. The number of carbonyl (C=O) groups excluding carboxylic acids is 2. The molecule has 1 aromatic rings. The first-order chi connectivity index (χ1) is 10.8. The van der Waals surface area contributed by atoms with Gasteiger partial charge in [-0.3, -0.25) is 4.79 Å². The molecular formula is C15H19N2O5S-. The lowest BCUT2D eigenvalue weighted by atomic mass is 10.1. The van der Waals surface area contributed by atoms with Crippen LogP contribution in [0.25, 0.3) is 0 Å². The monoisotopic (exact) mass is 339 g/mol. The fourth-order valence-corrected chi connectivity index (χ4v) is 4.08. The second-order valence-electron chi connectivity index (χ2n) is 5.31. The molecule has 1 saturated heterocycles. The molecule has 1 aromatic carbocycles. The van der Waals surface area contributed by atoms with Gasteiger partial charge in [0.05, 0.1) is 4.90 Å². The van der Waals surface area contributed by atoms with Gasteiger partial charge < -0.3 is 14.8 Å². The van der Waals surface area contributed by atoms with Crippen LogP contribution in [0.5, 0.6) is 0 Å². The normalized spacial score (nSPS) is 18.7. The number of sulfonamides is 1. The maximum atomic E-state index is 12.4. The van der Waals surface area contributed by atoms with Gasteiger partial charge in [-0.25, -0.2) is 8.42 Å². The van der Waals surface area contributed by atoms with E-state index in [0.29, 0.717) is 18.8 Å². The molecule has 1 fully saturated rings. The van der Waals surface area contributed by atoms with E-state index in [4.69, 9.17) is 0 Å².